The standard InChI is InChI=1S/C15H19BrFNO2/c1-15(14(19)20,18-8-4-2-3-5-9-18)12-7-6-11(16)10-13(12)17/h6-7,10H,2-5,8-9H2,1H3,(H,19,20). The lowest BCUT2D eigenvalue weighted by molar-refractivity contribution is -0.151. The Balaban J connectivity index is 2.44. The van der Waals surface area contributed by atoms with Crippen molar-refractivity contribution in [2.45, 2.75) is 38.1 Å². The Morgan fingerprint density at radius 2 is 1.90 bits per heavy atom. The Bertz CT molecular complexity index is 501. The van der Waals surface area contributed by atoms with Crippen LogP contribution >= 0.6 is 15.9 Å². The van der Waals surface area contributed by atoms with Crippen molar-refractivity contribution in [3.63, 3.8) is 0 Å². The molecule has 0 aliphatic carbocycles. The number of hydrogen-bond acceptors (Lipinski definition) is 2. The lowest BCUT2D eigenvalue weighted by Crippen LogP contribution is -2.50. The highest BCUT2D eigenvalue weighted by Crippen LogP contribution is 2.33. The maximum atomic E-state index is 14.2. The van der Waals surface area contributed by atoms with E-state index in [9.17, 15) is 14.3 Å². The smallest absolute Gasteiger partial charge is 0.328 e. The summed E-state index contributed by atoms with van der Waals surface area (Å²) in [5.41, 5.74) is -1.08. The number of carbonyl (C=O) groups is 1. The lowest BCUT2D eigenvalue weighted by Gasteiger charge is -2.37. The average molecular weight is 344 g/mol. The maximum Gasteiger partial charge on any atom is 0.328 e. The van der Waals surface area contributed by atoms with E-state index in [0.717, 1.165) is 25.7 Å². The largest absolute Gasteiger partial charge is 0.480 e. The summed E-state index contributed by atoms with van der Waals surface area (Å²) < 4.78 is 14.9. The van der Waals surface area contributed by atoms with Gasteiger partial charge in [-0.1, -0.05) is 34.8 Å². The molecule has 0 saturated carbocycles. The van der Waals surface area contributed by atoms with Gasteiger partial charge in [0.05, 0.1) is 0 Å². The molecule has 0 aromatic heterocycles. The van der Waals surface area contributed by atoms with Crippen molar-refractivity contribution < 1.29 is 14.3 Å². The first-order valence-electron chi connectivity index (χ1n) is 6.90. The minimum atomic E-state index is -1.31. The van der Waals surface area contributed by atoms with Crippen molar-refractivity contribution in [3.05, 3.63) is 34.1 Å². The number of likely N-dealkylation sites (tertiary alicyclic amines) is 1. The molecule has 1 heterocycles. The third kappa shape index (κ3) is 2.88. The van der Waals surface area contributed by atoms with Gasteiger partial charge in [-0.25, -0.2) is 9.18 Å². The molecule has 1 saturated heterocycles. The van der Waals surface area contributed by atoms with Gasteiger partial charge in [0.2, 0.25) is 0 Å². The van der Waals surface area contributed by atoms with Crippen molar-refractivity contribution in [2.24, 2.45) is 0 Å². The van der Waals surface area contributed by atoms with Crippen molar-refractivity contribution in [3.8, 4) is 0 Å². The molecule has 1 aromatic carbocycles. The first-order valence-corrected chi connectivity index (χ1v) is 7.69. The van der Waals surface area contributed by atoms with Gasteiger partial charge in [0, 0.05) is 10.0 Å². The highest BCUT2D eigenvalue weighted by Gasteiger charge is 2.43. The Morgan fingerprint density at radius 3 is 2.40 bits per heavy atom. The Hall–Kier alpha value is -0.940. The lowest BCUT2D eigenvalue weighted by atomic mass is 9.89. The molecular weight excluding hydrogens is 325 g/mol. The zero-order valence-corrected chi connectivity index (χ0v) is 13.1. The van der Waals surface area contributed by atoms with Crippen LogP contribution in [-0.4, -0.2) is 29.1 Å². The highest BCUT2D eigenvalue weighted by molar-refractivity contribution is 9.10. The third-order valence-electron chi connectivity index (χ3n) is 4.11. The first-order chi connectivity index (χ1) is 9.46. The number of nitrogens with zero attached hydrogens (tertiary/aromatic N) is 1. The van der Waals surface area contributed by atoms with Crippen LogP contribution in [0.4, 0.5) is 4.39 Å². The number of carboxylic acids is 1. The van der Waals surface area contributed by atoms with E-state index in [1.165, 1.54) is 6.07 Å². The number of rotatable bonds is 3. The van der Waals surface area contributed by atoms with Crippen LogP contribution in [0.15, 0.2) is 22.7 Å². The van der Waals surface area contributed by atoms with E-state index < -0.39 is 17.3 Å². The van der Waals surface area contributed by atoms with Crippen LogP contribution in [0.1, 0.15) is 38.2 Å². The summed E-state index contributed by atoms with van der Waals surface area (Å²) in [5, 5.41) is 9.70. The number of aliphatic carboxylic acids is 1. The van der Waals surface area contributed by atoms with Crippen LogP contribution in [0, 0.1) is 5.82 Å². The molecule has 0 bridgehead atoms. The van der Waals surface area contributed by atoms with Crippen molar-refractivity contribution >= 4 is 21.9 Å². The molecule has 1 atom stereocenters. The molecular formula is C15H19BrFNO2. The SMILES string of the molecule is CC(C(=O)O)(c1ccc(Br)cc1F)N1CCCCCC1. The Morgan fingerprint density at radius 1 is 1.30 bits per heavy atom. The first kappa shape index (κ1) is 15.4. The fourth-order valence-corrected chi connectivity index (χ4v) is 3.16. The van der Waals surface area contributed by atoms with Crippen molar-refractivity contribution in [1.82, 2.24) is 4.90 Å². The van der Waals surface area contributed by atoms with Gasteiger partial charge in [0.15, 0.2) is 0 Å². The highest BCUT2D eigenvalue weighted by atomic mass is 79.9. The molecule has 0 amide bonds. The second-order valence-corrected chi connectivity index (χ2v) is 6.32. The van der Waals surface area contributed by atoms with Gasteiger partial charge in [-0.05, 0) is 45.0 Å². The minimum absolute atomic E-state index is 0.232. The van der Waals surface area contributed by atoms with Crippen LogP contribution in [0.2, 0.25) is 0 Å². The van der Waals surface area contributed by atoms with Crippen LogP contribution < -0.4 is 0 Å². The molecule has 5 heteroatoms. The fraction of sp³-hybridized carbons (Fsp3) is 0.533. The summed E-state index contributed by atoms with van der Waals surface area (Å²) in [6, 6.07) is 4.59. The molecule has 3 nitrogen and oxygen atoms in total. The summed E-state index contributed by atoms with van der Waals surface area (Å²) >= 11 is 3.21. The Kier molecular flexibility index (Phi) is 4.81. The molecule has 1 aliphatic heterocycles. The molecule has 0 spiro atoms. The van der Waals surface area contributed by atoms with Gasteiger partial charge in [-0.3, -0.25) is 4.90 Å². The van der Waals surface area contributed by atoms with Crippen LogP contribution in [0.5, 0.6) is 0 Å². The van der Waals surface area contributed by atoms with E-state index >= 15 is 0 Å². The molecule has 1 fully saturated rings. The number of benzene rings is 1. The fourth-order valence-electron chi connectivity index (χ4n) is 2.82. The predicted octanol–water partition coefficient (Wildman–Crippen LogP) is 3.76. The summed E-state index contributed by atoms with van der Waals surface area (Å²) in [6.45, 7) is 2.99. The van der Waals surface area contributed by atoms with Gasteiger partial charge in [0.25, 0.3) is 0 Å². The van der Waals surface area contributed by atoms with Gasteiger partial charge in [-0.2, -0.15) is 0 Å². The molecule has 1 N–H and O–H groups in total. The van der Waals surface area contributed by atoms with Crippen molar-refractivity contribution in [1.29, 1.82) is 0 Å². The summed E-state index contributed by atoms with van der Waals surface area (Å²) in [7, 11) is 0. The number of hydrogen-bond donors (Lipinski definition) is 1. The topological polar surface area (TPSA) is 40.5 Å². The minimum Gasteiger partial charge on any atom is -0.480 e. The van der Waals surface area contributed by atoms with Gasteiger partial charge in [-0.15, -0.1) is 0 Å². The zero-order valence-electron chi connectivity index (χ0n) is 11.5. The third-order valence-corrected chi connectivity index (χ3v) is 4.60. The summed E-state index contributed by atoms with van der Waals surface area (Å²) in [4.78, 5) is 13.7. The molecule has 110 valence electrons. The molecule has 2 rings (SSSR count). The summed E-state index contributed by atoms with van der Waals surface area (Å²) in [6.07, 6.45) is 4.13. The Labute approximate surface area is 126 Å². The van der Waals surface area contributed by atoms with Crippen molar-refractivity contribution in [2.75, 3.05) is 13.1 Å². The second-order valence-electron chi connectivity index (χ2n) is 5.40. The van der Waals surface area contributed by atoms with E-state index in [1.54, 1.807) is 19.1 Å². The van der Waals surface area contributed by atoms with E-state index in [-0.39, 0.29) is 5.56 Å². The van der Waals surface area contributed by atoms with E-state index in [2.05, 4.69) is 15.9 Å². The number of halogens is 2. The monoisotopic (exact) mass is 343 g/mol. The van der Waals surface area contributed by atoms with Crippen LogP contribution in [0.3, 0.4) is 0 Å². The van der Waals surface area contributed by atoms with E-state index in [4.69, 9.17) is 0 Å². The maximum absolute atomic E-state index is 14.2. The van der Waals surface area contributed by atoms with Crippen LogP contribution in [-0.2, 0) is 10.3 Å². The van der Waals surface area contributed by atoms with Crippen LogP contribution in [0.25, 0.3) is 0 Å². The molecule has 20 heavy (non-hydrogen) atoms. The molecule has 1 unspecified atom stereocenters. The molecule has 1 aliphatic rings. The number of carboxylic acid groups (broad SMARTS) is 1. The second kappa shape index (κ2) is 6.22. The zero-order chi connectivity index (χ0) is 14.8. The van der Waals surface area contributed by atoms with E-state index in [1.807, 2.05) is 4.90 Å². The van der Waals surface area contributed by atoms with Gasteiger partial charge >= 0.3 is 5.97 Å². The van der Waals surface area contributed by atoms with Gasteiger partial charge < -0.3 is 5.11 Å². The summed E-state index contributed by atoms with van der Waals surface area (Å²) in [5.74, 6) is -1.48. The average Bonchev–Trinajstić information content (AvgIpc) is 2.66. The quantitative estimate of drug-likeness (QED) is 0.908. The van der Waals surface area contributed by atoms with E-state index in [0.29, 0.717) is 17.6 Å². The predicted molar refractivity (Wildman–Crippen MR) is 79.1 cm³/mol. The normalized spacial score (nSPS) is 20.1. The van der Waals surface area contributed by atoms with Gasteiger partial charge in [0.1, 0.15) is 11.4 Å². The molecule has 1 aromatic rings. The molecule has 0 radical (unpaired) electrons.